The summed E-state index contributed by atoms with van der Waals surface area (Å²) in [4.78, 5) is 10.1. The fourth-order valence-corrected chi connectivity index (χ4v) is 0.836. The van der Waals surface area contributed by atoms with Crippen LogP contribution in [-0.2, 0) is 9.68 Å². The molecule has 0 aliphatic rings. The number of hydrogen-bond acceptors (Lipinski definition) is 4. The lowest BCUT2D eigenvalue weighted by atomic mass is 10.3. The van der Waals surface area contributed by atoms with E-state index in [1.807, 2.05) is 13.8 Å². The molecular formula is C9H19NO3. The number of rotatable bonds is 8. The fourth-order valence-electron chi connectivity index (χ4n) is 0.836. The van der Waals surface area contributed by atoms with Crippen LogP contribution in [0, 0.1) is 0 Å². The van der Waals surface area contributed by atoms with Crippen LogP contribution in [0.2, 0.25) is 0 Å². The summed E-state index contributed by atoms with van der Waals surface area (Å²) in [5, 5.41) is 10.7. The summed E-state index contributed by atoms with van der Waals surface area (Å²) in [6.45, 7) is 8.21. The molecule has 1 atom stereocenters. The summed E-state index contributed by atoms with van der Waals surface area (Å²) in [6.07, 6.45) is 2.32. The predicted molar refractivity (Wildman–Crippen MR) is 50.5 cm³/mol. The number of aliphatic hydroxyl groups excluding tert-OH is 1. The van der Waals surface area contributed by atoms with Crippen molar-refractivity contribution in [2.75, 3.05) is 13.2 Å². The van der Waals surface area contributed by atoms with E-state index in [9.17, 15) is 5.11 Å². The molecule has 0 rings (SSSR count). The second-order valence-electron chi connectivity index (χ2n) is 2.47. The highest BCUT2D eigenvalue weighted by molar-refractivity contribution is 4.66. The van der Waals surface area contributed by atoms with Crippen molar-refractivity contribution in [3.05, 3.63) is 12.7 Å². The van der Waals surface area contributed by atoms with Crippen LogP contribution in [-0.4, -0.2) is 29.8 Å². The average Bonchev–Trinajstić information content (AvgIpc) is 2.14. The third-order valence-corrected chi connectivity index (χ3v) is 1.39. The third-order valence-electron chi connectivity index (χ3n) is 1.39. The summed E-state index contributed by atoms with van der Waals surface area (Å²) < 4.78 is 0. The smallest absolute Gasteiger partial charge is 0.157 e. The van der Waals surface area contributed by atoms with Crippen molar-refractivity contribution in [1.82, 2.24) is 5.23 Å². The Balaban J connectivity index is 3.78. The fraction of sp³-hybridized carbons (Fsp3) is 0.778. The molecule has 0 radical (unpaired) electrons. The van der Waals surface area contributed by atoms with Crippen LogP contribution in [0.25, 0.3) is 0 Å². The maximum absolute atomic E-state index is 9.53. The van der Waals surface area contributed by atoms with Gasteiger partial charge < -0.3 is 5.11 Å². The van der Waals surface area contributed by atoms with Gasteiger partial charge in [0, 0.05) is 0 Å². The Kier molecular flexibility index (Phi) is 7.93. The van der Waals surface area contributed by atoms with Gasteiger partial charge in [-0.15, -0.1) is 6.58 Å². The molecule has 0 saturated heterocycles. The van der Waals surface area contributed by atoms with Gasteiger partial charge in [-0.2, -0.15) is 0 Å². The molecule has 1 unspecified atom stereocenters. The summed E-state index contributed by atoms with van der Waals surface area (Å²) >= 11 is 0. The second kappa shape index (κ2) is 8.19. The zero-order valence-electron chi connectivity index (χ0n) is 8.40. The number of aliphatic hydroxyl groups is 1. The Morgan fingerprint density at radius 2 is 1.92 bits per heavy atom. The minimum atomic E-state index is -0.724. The first-order chi connectivity index (χ1) is 6.26. The van der Waals surface area contributed by atoms with Crippen LogP contribution in [0.3, 0.4) is 0 Å². The summed E-state index contributed by atoms with van der Waals surface area (Å²) in [7, 11) is 0. The molecule has 0 spiro atoms. The molecule has 0 amide bonds. The zero-order valence-corrected chi connectivity index (χ0v) is 8.40. The van der Waals surface area contributed by atoms with Crippen LogP contribution in [0.15, 0.2) is 12.7 Å². The quantitative estimate of drug-likeness (QED) is 0.357. The van der Waals surface area contributed by atoms with Gasteiger partial charge in [-0.3, -0.25) is 9.68 Å². The normalized spacial score (nSPS) is 13.2. The first-order valence-corrected chi connectivity index (χ1v) is 4.60. The van der Waals surface area contributed by atoms with E-state index in [1.165, 1.54) is 0 Å². The lowest BCUT2D eigenvalue weighted by Gasteiger charge is -2.24. The first-order valence-electron chi connectivity index (χ1n) is 4.60. The molecule has 0 fully saturated rings. The van der Waals surface area contributed by atoms with Crippen LogP contribution < -0.4 is 0 Å². The van der Waals surface area contributed by atoms with Gasteiger partial charge in [0.2, 0.25) is 0 Å². The highest BCUT2D eigenvalue weighted by Gasteiger charge is 2.15. The van der Waals surface area contributed by atoms with E-state index >= 15 is 0 Å². The molecule has 0 heterocycles. The van der Waals surface area contributed by atoms with E-state index in [4.69, 9.17) is 9.68 Å². The van der Waals surface area contributed by atoms with E-state index in [0.717, 1.165) is 11.6 Å². The standard InChI is InChI=1S/C9H19NO3/c1-4-7-8-9(11)10(12-5-2)13-6-3/h4,9,11H,1,5-8H2,2-3H3. The Labute approximate surface area is 79.7 Å². The molecule has 78 valence electrons. The number of hydroxylamine groups is 2. The Morgan fingerprint density at radius 1 is 1.38 bits per heavy atom. The summed E-state index contributed by atoms with van der Waals surface area (Å²) in [5.41, 5.74) is 0. The zero-order chi connectivity index (χ0) is 10.1. The molecule has 0 aliphatic carbocycles. The van der Waals surface area contributed by atoms with Crippen LogP contribution in [0.5, 0.6) is 0 Å². The molecule has 0 aromatic rings. The van der Waals surface area contributed by atoms with E-state index < -0.39 is 6.23 Å². The molecule has 0 aliphatic heterocycles. The van der Waals surface area contributed by atoms with Crippen LogP contribution >= 0.6 is 0 Å². The maximum atomic E-state index is 9.53. The van der Waals surface area contributed by atoms with Crippen LogP contribution in [0.4, 0.5) is 0 Å². The Morgan fingerprint density at radius 3 is 2.31 bits per heavy atom. The molecule has 4 nitrogen and oxygen atoms in total. The molecular weight excluding hydrogens is 170 g/mol. The van der Waals surface area contributed by atoms with Crippen molar-refractivity contribution in [3.8, 4) is 0 Å². The highest BCUT2D eigenvalue weighted by atomic mass is 17.0. The van der Waals surface area contributed by atoms with Crippen molar-refractivity contribution in [3.63, 3.8) is 0 Å². The second-order valence-corrected chi connectivity index (χ2v) is 2.47. The monoisotopic (exact) mass is 189 g/mol. The van der Waals surface area contributed by atoms with Crippen molar-refractivity contribution in [1.29, 1.82) is 0 Å². The third kappa shape index (κ3) is 5.76. The van der Waals surface area contributed by atoms with Crippen molar-refractivity contribution in [2.45, 2.75) is 32.9 Å². The van der Waals surface area contributed by atoms with Crippen LogP contribution in [0.1, 0.15) is 26.7 Å². The van der Waals surface area contributed by atoms with E-state index in [-0.39, 0.29) is 0 Å². The van der Waals surface area contributed by atoms with E-state index in [2.05, 4.69) is 6.58 Å². The molecule has 4 heteroatoms. The van der Waals surface area contributed by atoms with E-state index in [1.54, 1.807) is 6.08 Å². The van der Waals surface area contributed by atoms with Crippen molar-refractivity contribution in [2.24, 2.45) is 0 Å². The van der Waals surface area contributed by atoms with Gasteiger partial charge in [-0.1, -0.05) is 6.08 Å². The minimum absolute atomic E-state index is 0.477. The predicted octanol–water partition coefficient (Wildman–Crippen LogP) is 1.48. The minimum Gasteiger partial charge on any atom is -0.374 e. The Bertz CT molecular complexity index is 124. The summed E-state index contributed by atoms with van der Waals surface area (Å²) in [5.74, 6) is 0. The molecule has 0 aromatic heterocycles. The maximum Gasteiger partial charge on any atom is 0.157 e. The van der Waals surface area contributed by atoms with Crippen molar-refractivity contribution < 1.29 is 14.8 Å². The van der Waals surface area contributed by atoms with Gasteiger partial charge in [-0.25, -0.2) is 0 Å². The van der Waals surface area contributed by atoms with E-state index in [0.29, 0.717) is 19.6 Å². The average molecular weight is 189 g/mol. The largest absolute Gasteiger partial charge is 0.374 e. The lowest BCUT2D eigenvalue weighted by molar-refractivity contribution is -0.416. The molecule has 1 N–H and O–H groups in total. The molecule has 13 heavy (non-hydrogen) atoms. The van der Waals surface area contributed by atoms with Gasteiger partial charge in [0.05, 0.1) is 13.2 Å². The molecule has 0 saturated carbocycles. The topological polar surface area (TPSA) is 41.9 Å². The number of nitrogens with zero attached hydrogens (tertiary/aromatic N) is 1. The van der Waals surface area contributed by atoms with Gasteiger partial charge in [0.15, 0.2) is 6.23 Å². The first kappa shape index (κ1) is 12.6. The highest BCUT2D eigenvalue weighted by Crippen LogP contribution is 2.05. The molecule has 0 bridgehead atoms. The number of hydrogen-bond donors (Lipinski definition) is 1. The van der Waals surface area contributed by atoms with Gasteiger partial charge in [0.1, 0.15) is 0 Å². The Hall–Kier alpha value is -0.420. The van der Waals surface area contributed by atoms with Gasteiger partial charge in [0.25, 0.3) is 0 Å². The van der Waals surface area contributed by atoms with Gasteiger partial charge in [-0.05, 0) is 31.9 Å². The van der Waals surface area contributed by atoms with Crippen molar-refractivity contribution >= 4 is 0 Å². The summed E-state index contributed by atoms with van der Waals surface area (Å²) in [6, 6.07) is 0. The van der Waals surface area contributed by atoms with Gasteiger partial charge >= 0.3 is 0 Å². The number of allylic oxidation sites excluding steroid dienone is 1. The SMILES string of the molecule is C=CCCC(O)N(OCC)OCC. The molecule has 0 aromatic carbocycles. The lowest BCUT2D eigenvalue weighted by Crippen LogP contribution is -2.35.